The van der Waals surface area contributed by atoms with Gasteiger partial charge >= 0.3 is 0 Å². The number of halogens is 2. The van der Waals surface area contributed by atoms with Gasteiger partial charge in [-0.3, -0.25) is 0 Å². The van der Waals surface area contributed by atoms with Crippen molar-refractivity contribution in [2.24, 2.45) is 4.40 Å². The van der Waals surface area contributed by atoms with Crippen LogP contribution in [-0.2, 0) is 11.4 Å². The van der Waals surface area contributed by atoms with E-state index in [0.717, 1.165) is 9.08 Å². The lowest BCUT2D eigenvalue weighted by Gasteiger charge is -2.17. The molecule has 0 aliphatic carbocycles. The largest absolute Gasteiger partial charge is 0.591 e. The van der Waals surface area contributed by atoms with Crippen LogP contribution in [-0.4, -0.2) is 20.5 Å². The minimum Gasteiger partial charge on any atom is -0.591 e. The van der Waals surface area contributed by atoms with Crippen molar-refractivity contribution in [3.8, 4) is 0 Å². The van der Waals surface area contributed by atoms with E-state index in [0.29, 0.717) is 5.69 Å². The Labute approximate surface area is 115 Å². The van der Waals surface area contributed by atoms with Crippen molar-refractivity contribution in [3.63, 3.8) is 0 Å². The van der Waals surface area contributed by atoms with Gasteiger partial charge in [0.15, 0.2) is 0 Å². The summed E-state index contributed by atoms with van der Waals surface area (Å²) >= 11 is 5.37. The summed E-state index contributed by atoms with van der Waals surface area (Å²) in [5.74, 6) is 0. The molecule has 0 aliphatic rings. The summed E-state index contributed by atoms with van der Waals surface area (Å²) in [7, 11) is 0. The third-order valence-corrected chi connectivity index (χ3v) is 4.09. The average molecular weight is 368 g/mol. The zero-order valence-corrected chi connectivity index (χ0v) is 13.2. The van der Waals surface area contributed by atoms with Gasteiger partial charge in [0.1, 0.15) is 32.6 Å². The minimum atomic E-state index is -1.26. The molecule has 0 bridgehead atoms. The molecule has 0 saturated carbocycles. The maximum absolute atomic E-state index is 11.7. The Morgan fingerprint density at radius 1 is 1.38 bits per heavy atom. The molecular weight excluding hydrogens is 356 g/mol. The van der Waals surface area contributed by atoms with Gasteiger partial charge in [0.05, 0.1) is 0 Å². The molecule has 0 radical (unpaired) electrons. The highest BCUT2D eigenvalue weighted by Gasteiger charge is 2.25. The monoisotopic (exact) mass is 366 g/mol. The Balaban J connectivity index is 2.88. The maximum atomic E-state index is 11.7. The molecule has 6 heteroatoms. The standard InChI is InChI=1S/C10H12Br2N2OS/c1-10(2,3)16(15)13-6-8-7(11)4-5-9(12)14-8/h4-6H,1-3H3/t16-/m0/s1. The first-order valence-electron chi connectivity index (χ1n) is 4.59. The van der Waals surface area contributed by atoms with E-state index in [1.165, 1.54) is 6.21 Å². The first-order chi connectivity index (χ1) is 7.30. The summed E-state index contributed by atoms with van der Waals surface area (Å²) in [6.07, 6.45) is 1.52. The van der Waals surface area contributed by atoms with Crippen LogP contribution < -0.4 is 0 Å². The van der Waals surface area contributed by atoms with Gasteiger partial charge in [0, 0.05) is 4.47 Å². The van der Waals surface area contributed by atoms with E-state index < -0.39 is 11.4 Å². The van der Waals surface area contributed by atoms with Crippen LogP contribution in [0.3, 0.4) is 0 Å². The number of nitrogens with zero attached hydrogens (tertiary/aromatic N) is 2. The highest BCUT2D eigenvalue weighted by molar-refractivity contribution is 9.11. The van der Waals surface area contributed by atoms with E-state index in [2.05, 4.69) is 41.2 Å². The minimum absolute atomic E-state index is 0.352. The lowest BCUT2D eigenvalue weighted by atomic mass is 10.3. The van der Waals surface area contributed by atoms with Gasteiger partial charge in [-0.15, -0.1) is 0 Å². The molecule has 88 valence electrons. The molecule has 0 fully saturated rings. The van der Waals surface area contributed by atoms with Crippen LogP contribution >= 0.6 is 31.9 Å². The Hall–Kier alpha value is 0.0900. The Morgan fingerprint density at radius 3 is 2.56 bits per heavy atom. The molecule has 0 amide bonds. The Kier molecular flexibility index (Phi) is 4.97. The fourth-order valence-electron chi connectivity index (χ4n) is 0.779. The fourth-order valence-corrected chi connectivity index (χ4v) is 1.94. The quantitative estimate of drug-likeness (QED) is 0.456. The van der Waals surface area contributed by atoms with E-state index in [-0.39, 0.29) is 4.75 Å². The molecule has 1 aromatic heterocycles. The molecule has 0 saturated heterocycles. The van der Waals surface area contributed by atoms with Crippen LogP contribution in [0, 0.1) is 0 Å². The smallest absolute Gasteiger partial charge is 0.144 e. The van der Waals surface area contributed by atoms with Crippen LogP contribution in [0.15, 0.2) is 25.6 Å². The second-order valence-corrected chi connectivity index (χ2v) is 7.70. The number of pyridine rings is 1. The summed E-state index contributed by atoms with van der Waals surface area (Å²) in [4.78, 5) is 4.21. The molecule has 3 nitrogen and oxygen atoms in total. The van der Waals surface area contributed by atoms with Crippen LogP contribution in [0.2, 0.25) is 0 Å². The molecule has 1 rings (SSSR count). The summed E-state index contributed by atoms with van der Waals surface area (Å²) in [5, 5.41) is 0. The molecule has 0 aromatic carbocycles. The third kappa shape index (κ3) is 4.16. The molecule has 0 N–H and O–H groups in total. The molecule has 1 heterocycles. The first kappa shape index (κ1) is 14.2. The number of aromatic nitrogens is 1. The van der Waals surface area contributed by atoms with Crippen molar-refractivity contribution < 1.29 is 4.55 Å². The van der Waals surface area contributed by atoms with Crippen molar-refractivity contribution >= 4 is 49.4 Å². The molecule has 1 atom stereocenters. The van der Waals surface area contributed by atoms with Gasteiger partial charge in [-0.1, -0.05) is 4.40 Å². The van der Waals surface area contributed by atoms with E-state index in [9.17, 15) is 4.55 Å². The second kappa shape index (κ2) is 5.62. The Bertz CT molecular complexity index is 404. The highest BCUT2D eigenvalue weighted by atomic mass is 79.9. The number of rotatable bonds is 2. The first-order valence-corrected chi connectivity index (χ1v) is 7.28. The molecule has 16 heavy (non-hydrogen) atoms. The van der Waals surface area contributed by atoms with Gasteiger partial charge in [0.2, 0.25) is 0 Å². The summed E-state index contributed by atoms with van der Waals surface area (Å²) in [5.41, 5.74) is 0.659. The molecule has 0 spiro atoms. The maximum Gasteiger partial charge on any atom is 0.144 e. The van der Waals surface area contributed by atoms with Gasteiger partial charge in [0.25, 0.3) is 0 Å². The van der Waals surface area contributed by atoms with E-state index in [1.54, 1.807) is 0 Å². The third-order valence-electron chi connectivity index (χ3n) is 1.63. The van der Waals surface area contributed by atoms with Crippen molar-refractivity contribution in [1.82, 2.24) is 4.98 Å². The van der Waals surface area contributed by atoms with E-state index in [1.807, 2.05) is 32.9 Å². The van der Waals surface area contributed by atoms with Crippen molar-refractivity contribution in [2.75, 3.05) is 0 Å². The van der Waals surface area contributed by atoms with Gasteiger partial charge < -0.3 is 4.55 Å². The van der Waals surface area contributed by atoms with Crippen LogP contribution in [0.25, 0.3) is 0 Å². The predicted molar refractivity (Wildman–Crippen MR) is 75.1 cm³/mol. The van der Waals surface area contributed by atoms with Gasteiger partial charge in [-0.2, -0.15) is 0 Å². The molecular formula is C10H12Br2N2OS. The highest BCUT2D eigenvalue weighted by Crippen LogP contribution is 2.19. The van der Waals surface area contributed by atoms with E-state index >= 15 is 0 Å². The zero-order valence-electron chi connectivity index (χ0n) is 9.20. The normalized spacial score (nSPS) is 14.4. The predicted octanol–water partition coefficient (Wildman–Crippen LogP) is 3.49. The topological polar surface area (TPSA) is 48.3 Å². The average Bonchev–Trinajstić information content (AvgIpc) is 2.17. The number of hydrogen-bond acceptors (Lipinski definition) is 3. The second-order valence-electron chi connectivity index (χ2n) is 4.10. The SMILES string of the molecule is CC(C)(C)[S@+]([O-])N=Cc1nc(Br)ccc1Br. The fraction of sp³-hybridized carbons (Fsp3) is 0.400. The lowest BCUT2D eigenvalue weighted by Crippen LogP contribution is -2.25. The summed E-state index contributed by atoms with van der Waals surface area (Å²) < 4.78 is 16.9. The van der Waals surface area contributed by atoms with E-state index in [4.69, 9.17) is 0 Å². The molecule has 1 aromatic rings. The lowest BCUT2D eigenvalue weighted by molar-refractivity contribution is 0.562. The molecule has 0 aliphatic heterocycles. The van der Waals surface area contributed by atoms with Crippen LogP contribution in [0.1, 0.15) is 26.5 Å². The van der Waals surface area contributed by atoms with Crippen molar-refractivity contribution in [2.45, 2.75) is 25.5 Å². The zero-order chi connectivity index (χ0) is 12.3. The number of hydrogen-bond donors (Lipinski definition) is 0. The van der Waals surface area contributed by atoms with Crippen LogP contribution in [0.4, 0.5) is 0 Å². The van der Waals surface area contributed by atoms with Crippen molar-refractivity contribution in [1.29, 1.82) is 0 Å². The summed E-state index contributed by atoms with van der Waals surface area (Å²) in [6, 6.07) is 3.68. The van der Waals surface area contributed by atoms with Gasteiger partial charge in [-0.05, 0) is 64.8 Å². The Morgan fingerprint density at radius 2 is 2.00 bits per heavy atom. The van der Waals surface area contributed by atoms with Crippen molar-refractivity contribution in [3.05, 3.63) is 26.9 Å². The molecule has 0 unspecified atom stereocenters. The van der Waals surface area contributed by atoms with Gasteiger partial charge in [-0.25, -0.2) is 4.98 Å². The van der Waals surface area contributed by atoms with Crippen LogP contribution in [0.5, 0.6) is 0 Å². The summed E-state index contributed by atoms with van der Waals surface area (Å²) in [6.45, 7) is 5.64.